The zero-order chi connectivity index (χ0) is 16.1. The van der Waals surface area contributed by atoms with Gasteiger partial charge in [0.05, 0.1) is 12.5 Å². The minimum Gasteiger partial charge on any atom is -0.490 e. The van der Waals surface area contributed by atoms with Crippen molar-refractivity contribution in [2.75, 3.05) is 26.4 Å². The predicted octanol–water partition coefficient (Wildman–Crippen LogP) is 1.61. The maximum absolute atomic E-state index is 12.2. The topological polar surface area (TPSA) is 69.2 Å². The first-order valence-corrected chi connectivity index (χ1v) is 8.01. The minimum atomic E-state index is -0.245. The van der Waals surface area contributed by atoms with Crippen LogP contribution >= 0.6 is 0 Å². The molecular formula is C17H22N2O4. The van der Waals surface area contributed by atoms with Gasteiger partial charge < -0.3 is 19.6 Å². The molecule has 6 nitrogen and oxygen atoms in total. The molecule has 1 aromatic rings. The van der Waals surface area contributed by atoms with Crippen LogP contribution in [0.2, 0.25) is 0 Å². The van der Waals surface area contributed by atoms with Crippen LogP contribution in [0, 0.1) is 11.8 Å². The van der Waals surface area contributed by atoms with Crippen LogP contribution in [0.5, 0.6) is 5.75 Å². The molecule has 1 saturated heterocycles. The molecule has 1 fully saturated rings. The quantitative estimate of drug-likeness (QED) is 0.865. The van der Waals surface area contributed by atoms with Crippen molar-refractivity contribution in [3.8, 4) is 5.75 Å². The second-order valence-electron chi connectivity index (χ2n) is 5.97. The van der Waals surface area contributed by atoms with Gasteiger partial charge in [0.1, 0.15) is 12.4 Å². The van der Waals surface area contributed by atoms with Crippen molar-refractivity contribution >= 4 is 11.6 Å². The fraction of sp³-hybridized carbons (Fsp3) is 0.529. The van der Waals surface area contributed by atoms with Gasteiger partial charge in [-0.05, 0) is 18.6 Å². The van der Waals surface area contributed by atoms with Crippen molar-refractivity contribution in [1.82, 2.24) is 5.32 Å². The van der Waals surface area contributed by atoms with Crippen LogP contribution in [-0.2, 0) is 14.4 Å². The molecular weight excluding hydrogens is 296 g/mol. The Kier molecular flexibility index (Phi) is 5.12. The van der Waals surface area contributed by atoms with Crippen LogP contribution in [0.4, 0.5) is 0 Å². The molecule has 0 saturated carbocycles. The van der Waals surface area contributed by atoms with E-state index < -0.39 is 0 Å². The van der Waals surface area contributed by atoms with E-state index in [0.29, 0.717) is 31.4 Å². The SMILES string of the molecule is CC1C(C(=O)NCC2CCOC2)=NOC1COc1ccccc1. The van der Waals surface area contributed by atoms with Gasteiger partial charge >= 0.3 is 0 Å². The van der Waals surface area contributed by atoms with Gasteiger partial charge in [-0.1, -0.05) is 30.3 Å². The summed E-state index contributed by atoms with van der Waals surface area (Å²) in [5, 5.41) is 6.87. The summed E-state index contributed by atoms with van der Waals surface area (Å²) >= 11 is 0. The summed E-state index contributed by atoms with van der Waals surface area (Å²) < 4.78 is 11.0. The van der Waals surface area contributed by atoms with Gasteiger partial charge in [-0.15, -0.1) is 0 Å². The van der Waals surface area contributed by atoms with Crippen LogP contribution in [0.25, 0.3) is 0 Å². The first kappa shape index (κ1) is 15.8. The monoisotopic (exact) mass is 318 g/mol. The zero-order valence-electron chi connectivity index (χ0n) is 13.2. The molecule has 0 radical (unpaired) electrons. The number of para-hydroxylation sites is 1. The number of amides is 1. The predicted molar refractivity (Wildman–Crippen MR) is 85.3 cm³/mol. The Morgan fingerprint density at radius 1 is 1.39 bits per heavy atom. The highest BCUT2D eigenvalue weighted by Crippen LogP contribution is 2.20. The lowest BCUT2D eigenvalue weighted by Gasteiger charge is -2.15. The highest BCUT2D eigenvalue weighted by atomic mass is 16.7. The van der Waals surface area contributed by atoms with E-state index in [-0.39, 0.29) is 17.9 Å². The van der Waals surface area contributed by atoms with Crippen molar-refractivity contribution in [2.45, 2.75) is 19.4 Å². The zero-order valence-corrected chi connectivity index (χ0v) is 13.2. The highest BCUT2D eigenvalue weighted by molar-refractivity contribution is 6.39. The average Bonchev–Trinajstić information content (AvgIpc) is 3.22. The van der Waals surface area contributed by atoms with Gasteiger partial charge in [0.25, 0.3) is 5.91 Å². The molecule has 0 aliphatic carbocycles. The number of hydrogen-bond acceptors (Lipinski definition) is 5. The van der Waals surface area contributed by atoms with Crippen LogP contribution < -0.4 is 10.1 Å². The van der Waals surface area contributed by atoms with Gasteiger partial charge in [0.2, 0.25) is 0 Å². The van der Waals surface area contributed by atoms with Crippen LogP contribution in [-0.4, -0.2) is 44.1 Å². The van der Waals surface area contributed by atoms with Crippen LogP contribution in [0.15, 0.2) is 35.5 Å². The molecule has 0 spiro atoms. The Bertz CT molecular complexity index is 555. The molecule has 124 valence electrons. The number of carbonyl (C=O) groups is 1. The summed E-state index contributed by atoms with van der Waals surface area (Å²) in [4.78, 5) is 17.6. The maximum atomic E-state index is 12.2. The summed E-state index contributed by atoms with van der Waals surface area (Å²) in [5.41, 5.74) is 0.436. The van der Waals surface area contributed by atoms with Gasteiger partial charge in [0, 0.05) is 19.1 Å². The first-order valence-electron chi connectivity index (χ1n) is 8.01. The van der Waals surface area contributed by atoms with Crippen molar-refractivity contribution in [1.29, 1.82) is 0 Å². The van der Waals surface area contributed by atoms with Crippen LogP contribution in [0.1, 0.15) is 13.3 Å². The molecule has 2 aliphatic rings. The lowest BCUT2D eigenvalue weighted by molar-refractivity contribution is -0.115. The number of rotatable bonds is 6. The van der Waals surface area contributed by atoms with Gasteiger partial charge in [-0.3, -0.25) is 4.79 Å². The third-order valence-corrected chi connectivity index (χ3v) is 4.24. The molecule has 6 heteroatoms. The largest absolute Gasteiger partial charge is 0.490 e. The van der Waals surface area contributed by atoms with E-state index in [1.807, 2.05) is 37.3 Å². The number of nitrogens with one attached hydrogen (secondary N) is 1. The molecule has 2 heterocycles. The molecule has 0 aromatic heterocycles. The van der Waals surface area contributed by atoms with Gasteiger partial charge in [0.15, 0.2) is 11.8 Å². The van der Waals surface area contributed by atoms with E-state index in [1.165, 1.54) is 0 Å². The standard InChI is InChI=1S/C17H22N2O4/c1-12-15(11-22-14-5-3-2-4-6-14)23-19-16(12)17(20)18-9-13-7-8-21-10-13/h2-6,12-13,15H,7-11H2,1H3,(H,18,20). The molecule has 2 aliphatic heterocycles. The Hall–Kier alpha value is -2.08. The lowest BCUT2D eigenvalue weighted by atomic mass is 9.99. The van der Waals surface area contributed by atoms with E-state index in [1.54, 1.807) is 0 Å². The number of ether oxygens (including phenoxy) is 2. The lowest BCUT2D eigenvalue weighted by Crippen LogP contribution is -2.39. The summed E-state index contributed by atoms with van der Waals surface area (Å²) in [5.74, 6) is 0.918. The third kappa shape index (κ3) is 4.01. The first-order chi connectivity index (χ1) is 11.2. The third-order valence-electron chi connectivity index (χ3n) is 4.24. The fourth-order valence-electron chi connectivity index (χ4n) is 2.66. The number of nitrogens with zero attached hydrogens (tertiary/aromatic N) is 1. The molecule has 1 amide bonds. The van der Waals surface area contributed by atoms with Crippen LogP contribution in [0.3, 0.4) is 0 Å². The molecule has 0 bridgehead atoms. The van der Waals surface area contributed by atoms with Crippen molar-refractivity contribution < 1.29 is 19.1 Å². The Morgan fingerprint density at radius 2 is 2.22 bits per heavy atom. The summed E-state index contributed by atoms with van der Waals surface area (Å²) in [6.07, 6.45) is 0.748. The Morgan fingerprint density at radius 3 is 2.96 bits per heavy atom. The Balaban J connectivity index is 1.45. The van der Waals surface area contributed by atoms with Crippen molar-refractivity contribution in [3.63, 3.8) is 0 Å². The molecule has 1 aromatic carbocycles. The fourth-order valence-corrected chi connectivity index (χ4v) is 2.66. The van der Waals surface area contributed by atoms with Gasteiger partial charge in [-0.25, -0.2) is 0 Å². The molecule has 3 atom stereocenters. The summed E-state index contributed by atoms with van der Waals surface area (Å²) in [6.45, 7) is 4.41. The number of oxime groups is 1. The summed E-state index contributed by atoms with van der Waals surface area (Å²) in [6, 6.07) is 9.53. The van der Waals surface area contributed by atoms with Crippen molar-refractivity contribution in [2.24, 2.45) is 17.0 Å². The van der Waals surface area contributed by atoms with Crippen molar-refractivity contribution in [3.05, 3.63) is 30.3 Å². The van der Waals surface area contributed by atoms with E-state index in [2.05, 4.69) is 10.5 Å². The van der Waals surface area contributed by atoms with E-state index >= 15 is 0 Å². The second-order valence-corrected chi connectivity index (χ2v) is 5.97. The van der Waals surface area contributed by atoms with E-state index in [9.17, 15) is 4.79 Å². The second kappa shape index (κ2) is 7.46. The number of carbonyl (C=O) groups excluding carboxylic acids is 1. The smallest absolute Gasteiger partial charge is 0.269 e. The molecule has 3 rings (SSSR count). The van der Waals surface area contributed by atoms with E-state index in [0.717, 1.165) is 18.8 Å². The highest BCUT2D eigenvalue weighted by Gasteiger charge is 2.35. The summed E-state index contributed by atoms with van der Waals surface area (Å²) in [7, 11) is 0. The normalized spacial score (nSPS) is 26.5. The number of hydrogen-bond donors (Lipinski definition) is 1. The molecule has 1 N–H and O–H groups in total. The number of benzene rings is 1. The molecule has 23 heavy (non-hydrogen) atoms. The van der Waals surface area contributed by atoms with E-state index in [4.69, 9.17) is 14.3 Å². The Labute approximate surface area is 135 Å². The maximum Gasteiger partial charge on any atom is 0.269 e. The minimum absolute atomic E-state index is 0.0986. The molecule has 3 unspecified atom stereocenters. The van der Waals surface area contributed by atoms with Gasteiger partial charge in [-0.2, -0.15) is 0 Å². The average molecular weight is 318 g/mol.